The van der Waals surface area contributed by atoms with Gasteiger partial charge in [0.25, 0.3) is 0 Å². The minimum Gasteiger partial charge on any atom is -0.379 e. The molecule has 1 aromatic heterocycles. The Morgan fingerprint density at radius 2 is 1.62 bits per heavy atom. The van der Waals surface area contributed by atoms with Crippen LogP contribution < -0.4 is 10.6 Å². The fourth-order valence-electron chi connectivity index (χ4n) is 5.43. The normalized spacial score (nSPS) is 17.1. The number of primary amides is 1. The number of benzene rings is 3. The Morgan fingerprint density at radius 1 is 0.865 bits per heavy atom. The molecule has 1 amide bonds. The highest BCUT2D eigenvalue weighted by atomic mass is 35.5. The minimum absolute atomic E-state index is 0.163. The molecule has 3 heterocycles. The summed E-state index contributed by atoms with van der Waals surface area (Å²) >= 11 is 6.75. The Kier molecular flexibility index (Phi) is 6.78. The highest BCUT2D eigenvalue weighted by molar-refractivity contribution is 6.31. The number of aromatic amines is 1. The van der Waals surface area contributed by atoms with Gasteiger partial charge < -0.3 is 25.1 Å². The molecule has 0 spiro atoms. The van der Waals surface area contributed by atoms with E-state index in [4.69, 9.17) is 26.8 Å². The summed E-state index contributed by atoms with van der Waals surface area (Å²) in [6, 6.07) is 17.0. The zero-order chi connectivity index (χ0) is 25.4. The lowest BCUT2D eigenvalue weighted by atomic mass is 9.97. The fraction of sp³-hybridized carbons (Fsp3) is 0.345. The molecule has 0 unspecified atom stereocenters. The molecule has 4 aromatic rings. The molecule has 6 rings (SSSR count). The van der Waals surface area contributed by atoms with Gasteiger partial charge in [-0.05, 0) is 52.6 Å². The molecular weight excluding hydrogens is 488 g/mol. The van der Waals surface area contributed by atoms with Gasteiger partial charge in [-0.3, -0.25) is 9.69 Å². The topological polar surface area (TPSA) is 83.8 Å². The van der Waals surface area contributed by atoms with Gasteiger partial charge in [0, 0.05) is 59.7 Å². The van der Waals surface area contributed by atoms with Crippen LogP contribution in [0.2, 0.25) is 5.02 Å². The van der Waals surface area contributed by atoms with Gasteiger partial charge in [0.1, 0.15) is 0 Å². The van der Waals surface area contributed by atoms with Crippen LogP contribution in [0.25, 0.3) is 32.9 Å². The van der Waals surface area contributed by atoms with Crippen molar-refractivity contribution in [3.8, 4) is 11.1 Å². The summed E-state index contributed by atoms with van der Waals surface area (Å²) in [6.07, 6.45) is 0.163. The van der Waals surface area contributed by atoms with Gasteiger partial charge in [0.2, 0.25) is 5.91 Å². The number of carbonyl (C=O) groups is 1. The second-order valence-corrected chi connectivity index (χ2v) is 10.3. The number of rotatable bonds is 6. The molecule has 2 fully saturated rings. The molecule has 0 saturated carbocycles. The molecule has 2 saturated heterocycles. The van der Waals surface area contributed by atoms with Gasteiger partial charge in [-0.15, -0.1) is 0 Å². The maximum absolute atomic E-state index is 12.0. The molecule has 0 radical (unpaired) electrons. The van der Waals surface area contributed by atoms with E-state index in [9.17, 15) is 4.79 Å². The summed E-state index contributed by atoms with van der Waals surface area (Å²) in [5, 5.41) is 2.94. The summed E-state index contributed by atoms with van der Waals surface area (Å²) in [4.78, 5) is 20.2. The molecule has 2 aliphatic rings. The molecule has 2 aliphatic heterocycles. The van der Waals surface area contributed by atoms with E-state index < -0.39 is 0 Å². The molecule has 192 valence electrons. The molecular formula is C29H31ClN4O3. The molecule has 3 aromatic carbocycles. The predicted octanol–water partition coefficient (Wildman–Crippen LogP) is 4.34. The molecule has 0 bridgehead atoms. The van der Waals surface area contributed by atoms with Crippen molar-refractivity contribution in [3.05, 3.63) is 64.7 Å². The van der Waals surface area contributed by atoms with E-state index in [0.29, 0.717) is 0 Å². The number of nitrogens with two attached hydrogens (primary N) is 1. The first-order valence-electron chi connectivity index (χ1n) is 12.8. The number of carbonyl (C=O) groups excluding carboxylic acids is 1. The number of nitrogens with one attached hydrogen (secondary N) is 1. The third-order valence-electron chi connectivity index (χ3n) is 7.40. The lowest BCUT2D eigenvalue weighted by molar-refractivity contribution is -0.117. The van der Waals surface area contributed by atoms with Crippen LogP contribution in [-0.2, 0) is 27.2 Å². The van der Waals surface area contributed by atoms with Crippen LogP contribution in [0.5, 0.6) is 0 Å². The number of hydrogen-bond donors (Lipinski definition) is 2. The summed E-state index contributed by atoms with van der Waals surface area (Å²) in [7, 11) is 0. The monoisotopic (exact) mass is 518 g/mol. The maximum Gasteiger partial charge on any atom is 0.221 e. The number of amides is 1. The lowest BCUT2D eigenvalue weighted by Crippen LogP contribution is -2.36. The van der Waals surface area contributed by atoms with Crippen molar-refractivity contribution in [3.63, 3.8) is 0 Å². The van der Waals surface area contributed by atoms with Crippen molar-refractivity contribution < 1.29 is 14.3 Å². The van der Waals surface area contributed by atoms with Crippen molar-refractivity contribution in [1.82, 2.24) is 9.88 Å². The zero-order valence-corrected chi connectivity index (χ0v) is 21.5. The number of morpholine rings is 2. The summed E-state index contributed by atoms with van der Waals surface area (Å²) < 4.78 is 11.0. The van der Waals surface area contributed by atoms with Gasteiger partial charge in [0.05, 0.1) is 38.4 Å². The number of H-pyrrole nitrogens is 1. The Bertz CT molecular complexity index is 1450. The third-order valence-corrected chi connectivity index (χ3v) is 7.75. The number of ether oxygens (including phenoxy) is 2. The number of anilines is 1. The average Bonchev–Trinajstić information content (AvgIpc) is 3.29. The van der Waals surface area contributed by atoms with E-state index in [0.717, 1.165) is 108 Å². The minimum atomic E-state index is -0.356. The van der Waals surface area contributed by atoms with Crippen LogP contribution in [0.1, 0.15) is 11.1 Å². The number of aromatic nitrogens is 1. The van der Waals surface area contributed by atoms with Crippen LogP contribution in [0, 0.1) is 0 Å². The molecule has 3 N–H and O–H groups in total. The van der Waals surface area contributed by atoms with Gasteiger partial charge in [-0.2, -0.15) is 0 Å². The van der Waals surface area contributed by atoms with E-state index in [2.05, 4.69) is 57.2 Å². The van der Waals surface area contributed by atoms with E-state index in [1.165, 1.54) is 5.69 Å². The summed E-state index contributed by atoms with van der Waals surface area (Å²) in [6.45, 7) is 7.40. The molecule has 8 heteroatoms. The van der Waals surface area contributed by atoms with E-state index >= 15 is 0 Å². The largest absolute Gasteiger partial charge is 0.379 e. The first-order chi connectivity index (χ1) is 18.0. The summed E-state index contributed by atoms with van der Waals surface area (Å²) in [5.41, 5.74) is 12.8. The second-order valence-electron chi connectivity index (χ2n) is 9.85. The van der Waals surface area contributed by atoms with Crippen LogP contribution >= 0.6 is 11.6 Å². The average molecular weight is 519 g/mol. The van der Waals surface area contributed by atoms with Crippen LogP contribution in [0.4, 0.5) is 5.69 Å². The molecule has 7 nitrogen and oxygen atoms in total. The smallest absolute Gasteiger partial charge is 0.221 e. The van der Waals surface area contributed by atoms with Crippen LogP contribution in [0.3, 0.4) is 0 Å². The van der Waals surface area contributed by atoms with Crippen molar-refractivity contribution in [2.45, 2.75) is 13.0 Å². The Balaban J connectivity index is 1.39. The number of nitrogens with zero attached hydrogens (tertiary/aromatic N) is 2. The third kappa shape index (κ3) is 5.05. The zero-order valence-electron chi connectivity index (χ0n) is 20.8. The van der Waals surface area contributed by atoms with Crippen molar-refractivity contribution >= 4 is 45.0 Å². The van der Waals surface area contributed by atoms with E-state index in [1.54, 1.807) is 0 Å². The standard InChI is InChI=1S/C29H31ClN4O3/c30-26-15-19(1-2-20(26)18-33-5-9-36-10-6-33)21-13-22(16-28(31)35)29-25(14-21)24-4-3-23(17-27(24)32-29)34-7-11-37-12-8-34/h1-4,13-15,17,32H,5-12,16,18H2,(H2,31,35). The number of halogens is 1. The maximum atomic E-state index is 12.0. The predicted molar refractivity (Wildman–Crippen MR) is 148 cm³/mol. The first-order valence-corrected chi connectivity index (χ1v) is 13.2. The first kappa shape index (κ1) is 24.2. The molecule has 37 heavy (non-hydrogen) atoms. The SMILES string of the molecule is NC(=O)Cc1cc(-c2ccc(CN3CCOCC3)c(Cl)c2)cc2c1[nH]c1cc(N3CCOCC3)ccc12. The Hall–Kier alpha value is -3.10. The quantitative estimate of drug-likeness (QED) is 0.397. The lowest BCUT2D eigenvalue weighted by Gasteiger charge is -2.28. The Labute approximate surface area is 221 Å². The van der Waals surface area contributed by atoms with Gasteiger partial charge in [0.15, 0.2) is 0 Å². The second kappa shape index (κ2) is 10.3. The van der Waals surface area contributed by atoms with Gasteiger partial charge in [-0.25, -0.2) is 0 Å². The fourth-order valence-corrected chi connectivity index (χ4v) is 5.68. The van der Waals surface area contributed by atoms with Gasteiger partial charge >= 0.3 is 0 Å². The van der Waals surface area contributed by atoms with Crippen molar-refractivity contribution in [1.29, 1.82) is 0 Å². The molecule has 0 atom stereocenters. The van der Waals surface area contributed by atoms with Gasteiger partial charge in [-0.1, -0.05) is 29.8 Å². The van der Waals surface area contributed by atoms with E-state index in [1.807, 2.05) is 6.07 Å². The number of fused-ring (bicyclic) bond motifs is 3. The Morgan fingerprint density at radius 3 is 2.35 bits per heavy atom. The number of hydrogen-bond acceptors (Lipinski definition) is 5. The van der Waals surface area contributed by atoms with Crippen molar-refractivity contribution in [2.24, 2.45) is 5.73 Å². The highest BCUT2D eigenvalue weighted by Crippen LogP contribution is 2.36. The van der Waals surface area contributed by atoms with Crippen LogP contribution in [0.15, 0.2) is 48.5 Å². The highest BCUT2D eigenvalue weighted by Gasteiger charge is 2.17. The van der Waals surface area contributed by atoms with E-state index in [-0.39, 0.29) is 12.3 Å². The van der Waals surface area contributed by atoms with Crippen LogP contribution in [-0.4, -0.2) is 68.4 Å². The summed E-state index contributed by atoms with van der Waals surface area (Å²) in [5.74, 6) is -0.356. The molecule has 0 aliphatic carbocycles. The van der Waals surface area contributed by atoms with Crippen molar-refractivity contribution in [2.75, 3.05) is 57.5 Å².